The zero-order valence-corrected chi connectivity index (χ0v) is 7.05. The molecule has 0 spiro atoms. The molecule has 2 aromatic heterocycles. The Hall–Kier alpha value is -1.58. The molecule has 0 aliphatic carbocycles. The second-order valence-electron chi connectivity index (χ2n) is 2.62. The minimum Gasteiger partial charge on any atom is -0.357 e. The fraction of sp³-hybridized carbons (Fsp3) is 0.250. The van der Waals surface area contributed by atoms with Gasteiger partial charge in [-0.15, -0.1) is 0 Å². The zero-order chi connectivity index (χ0) is 8.55. The number of nitrogens with one attached hydrogen (secondary N) is 2. The van der Waals surface area contributed by atoms with Crippen molar-refractivity contribution in [1.82, 2.24) is 15.0 Å². The van der Waals surface area contributed by atoms with E-state index in [1.165, 1.54) is 0 Å². The number of fused-ring (bicyclic) bond motifs is 1. The van der Waals surface area contributed by atoms with Crippen molar-refractivity contribution in [2.45, 2.75) is 6.92 Å². The smallest absolute Gasteiger partial charge is 0.224 e. The van der Waals surface area contributed by atoms with E-state index < -0.39 is 0 Å². The third kappa shape index (κ3) is 0.922. The molecule has 0 radical (unpaired) electrons. The fourth-order valence-corrected chi connectivity index (χ4v) is 1.21. The molecule has 0 amide bonds. The van der Waals surface area contributed by atoms with E-state index in [4.69, 9.17) is 0 Å². The van der Waals surface area contributed by atoms with Crippen LogP contribution in [0, 0.1) is 6.92 Å². The number of hydrogen-bond donors (Lipinski definition) is 2. The third-order valence-electron chi connectivity index (χ3n) is 1.83. The van der Waals surface area contributed by atoms with Crippen LogP contribution in [0.5, 0.6) is 0 Å². The molecule has 2 rings (SSSR count). The van der Waals surface area contributed by atoms with Crippen LogP contribution >= 0.6 is 0 Å². The topological polar surface area (TPSA) is 53.6 Å². The maximum Gasteiger partial charge on any atom is 0.224 e. The van der Waals surface area contributed by atoms with Crippen molar-refractivity contribution in [2.24, 2.45) is 0 Å². The summed E-state index contributed by atoms with van der Waals surface area (Å²) >= 11 is 0. The van der Waals surface area contributed by atoms with Gasteiger partial charge in [-0.2, -0.15) is 4.98 Å². The Morgan fingerprint density at radius 3 is 3.00 bits per heavy atom. The largest absolute Gasteiger partial charge is 0.357 e. The van der Waals surface area contributed by atoms with Gasteiger partial charge in [0.2, 0.25) is 5.95 Å². The number of nitrogens with zero attached hydrogens (tertiary/aromatic N) is 2. The van der Waals surface area contributed by atoms with Crippen molar-refractivity contribution in [3.05, 3.63) is 18.0 Å². The van der Waals surface area contributed by atoms with E-state index in [0.717, 1.165) is 16.7 Å². The Labute approximate surface area is 70.0 Å². The summed E-state index contributed by atoms with van der Waals surface area (Å²) in [6.45, 7) is 1.97. The number of aryl methyl sites for hydroxylation is 1. The van der Waals surface area contributed by atoms with Crippen molar-refractivity contribution in [3.63, 3.8) is 0 Å². The molecule has 4 nitrogen and oxygen atoms in total. The summed E-state index contributed by atoms with van der Waals surface area (Å²) in [6, 6.07) is 1.98. The highest BCUT2D eigenvalue weighted by molar-refractivity contribution is 5.78. The Kier molecular flexibility index (Phi) is 1.46. The van der Waals surface area contributed by atoms with E-state index in [1.54, 1.807) is 0 Å². The highest BCUT2D eigenvalue weighted by Gasteiger charge is 2.02. The van der Waals surface area contributed by atoms with Crippen LogP contribution in [0.15, 0.2) is 12.3 Å². The second kappa shape index (κ2) is 2.48. The average molecular weight is 162 g/mol. The molecule has 0 unspecified atom stereocenters. The first kappa shape index (κ1) is 7.09. The second-order valence-corrected chi connectivity index (χ2v) is 2.62. The summed E-state index contributed by atoms with van der Waals surface area (Å²) in [7, 11) is 1.81. The molecule has 0 fully saturated rings. The molecule has 0 bridgehead atoms. The highest BCUT2D eigenvalue weighted by Crippen LogP contribution is 2.14. The number of aromatic nitrogens is 3. The van der Waals surface area contributed by atoms with Crippen molar-refractivity contribution < 1.29 is 0 Å². The fourth-order valence-electron chi connectivity index (χ4n) is 1.21. The van der Waals surface area contributed by atoms with Gasteiger partial charge in [0.1, 0.15) is 5.65 Å². The molecule has 2 aromatic rings. The van der Waals surface area contributed by atoms with Crippen molar-refractivity contribution in [1.29, 1.82) is 0 Å². The maximum absolute atomic E-state index is 4.25. The molecule has 2 N–H and O–H groups in total. The van der Waals surface area contributed by atoms with Gasteiger partial charge >= 0.3 is 0 Å². The first-order valence-electron chi connectivity index (χ1n) is 3.81. The summed E-state index contributed by atoms with van der Waals surface area (Å²) in [4.78, 5) is 11.5. The van der Waals surface area contributed by atoms with Crippen molar-refractivity contribution in [3.8, 4) is 0 Å². The summed E-state index contributed by atoms with van der Waals surface area (Å²) in [6.07, 6.45) is 1.87. The third-order valence-corrected chi connectivity index (χ3v) is 1.83. The van der Waals surface area contributed by atoms with Crippen LogP contribution in [0.3, 0.4) is 0 Å². The van der Waals surface area contributed by atoms with Gasteiger partial charge in [-0.05, 0) is 13.0 Å². The Bertz CT molecular complexity index is 404. The lowest BCUT2D eigenvalue weighted by molar-refractivity contribution is 1.13. The van der Waals surface area contributed by atoms with Gasteiger partial charge in [-0.1, -0.05) is 0 Å². The number of rotatable bonds is 1. The Morgan fingerprint density at radius 2 is 2.25 bits per heavy atom. The van der Waals surface area contributed by atoms with Crippen molar-refractivity contribution in [2.75, 3.05) is 12.4 Å². The summed E-state index contributed by atoms with van der Waals surface area (Å²) < 4.78 is 0. The van der Waals surface area contributed by atoms with Crippen LogP contribution in [0.25, 0.3) is 11.0 Å². The number of hydrogen-bond acceptors (Lipinski definition) is 3. The Morgan fingerprint density at radius 1 is 1.42 bits per heavy atom. The van der Waals surface area contributed by atoms with Crippen molar-refractivity contribution >= 4 is 17.0 Å². The quantitative estimate of drug-likeness (QED) is 0.664. The molecule has 4 heteroatoms. The van der Waals surface area contributed by atoms with Gasteiger partial charge in [0, 0.05) is 18.6 Å². The predicted octanol–water partition coefficient (Wildman–Crippen LogP) is 1.31. The van der Waals surface area contributed by atoms with E-state index >= 15 is 0 Å². The SMILES string of the molecule is CNc1nc(C)c2cc[nH]c2n1. The van der Waals surface area contributed by atoms with Gasteiger partial charge < -0.3 is 10.3 Å². The van der Waals surface area contributed by atoms with Gasteiger partial charge in [-0.3, -0.25) is 0 Å². The van der Waals surface area contributed by atoms with Crippen LogP contribution in [-0.2, 0) is 0 Å². The van der Waals surface area contributed by atoms with Gasteiger partial charge in [0.05, 0.1) is 5.69 Å². The lowest BCUT2D eigenvalue weighted by Gasteiger charge is -1.99. The average Bonchev–Trinajstić information content (AvgIpc) is 2.52. The number of anilines is 1. The molecule has 12 heavy (non-hydrogen) atoms. The van der Waals surface area contributed by atoms with E-state index in [1.807, 2.05) is 26.2 Å². The number of H-pyrrole nitrogens is 1. The minimum absolute atomic E-state index is 0.655. The summed E-state index contributed by atoms with van der Waals surface area (Å²) in [5.41, 5.74) is 1.87. The van der Waals surface area contributed by atoms with Crippen LogP contribution in [0.4, 0.5) is 5.95 Å². The normalized spacial score (nSPS) is 10.5. The molecule has 0 saturated carbocycles. The number of aromatic amines is 1. The Balaban J connectivity index is 2.75. The molecule has 0 saturated heterocycles. The minimum atomic E-state index is 0.655. The van der Waals surface area contributed by atoms with Crippen LogP contribution in [0.1, 0.15) is 5.69 Å². The maximum atomic E-state index is 4.25. The molecule has 62 valence electrons. The lowest BCUT2D eigenvalue weighted by Crippen LogP contribution is -1.97. The molecule has 0 aliphatic rings. The summed E-state index contributed by atoms with van der Waals surface area (Å²) in [5, 5.41) is 3.99. The molecule has 2 heterocycles. The molecule has 0 aliphatic heterocycles. The lowest BCUT2D eigenvalue weighted by atomic mass is 10.3. The van der Waals surface area contributed by atoms with Gasteiger partial charge in [0.15, 0.2) is 0 Å². The van der Waals surface area contributed by atoms with Gasteiger partial charge in [-0.25, -0.2) is 4.98 Å². The monoisotopic (exact) mass is 162 g/mol. The standard InChI is InChI=1S/C8H10N4/c1-5-6-3-4-10-7(6)12-8(9-2)11-5/h3-4H,1-2H3,(H2,9,10,11,12). The first-order valence-corrected chi connectivity index (χ1v) is 3.81. The molecule has 0 aromatic carbocycles. The van der Waals surface area contributed by atoms with E-state index in [-0.39, 0.29) is 0 Å². The zero-order valence-electron chi connectivity index (χ0n) is 7.05. The predicted molar refractivity (Wildman–Crippen MR) is 48.2 cm³/mol. The first-order chi connectivity index (χ1) is 5.81. The molecular formula is C8H10N4. The van der Waals surface area contributed by atoms with Gasteiger partial charge in [0.25, 0.3) is 0 Å². The summed E-state index contributed by atoms with van der Waals surface area (Å²) in [5.74, 6) is 0.655. The van der Waals surface area contributed by atoms with Crippen LogP contribution in [0.2, 0.25) is 0 Å². The van der Waals surface area contributed by atoms with Crippen LogP contribution < -0.4 is 5.32 Å². The van der Waals surface area contributed by atoms with Crippen LogP contribution in [-0.4, -0.2) is 22.0 Å². The van der Waals surface area contributed by atoms with E-state index in [2.05, 4.69) is 20.3 Å². The molecule has 0 atom stereocenters. The van der Waals surface area contributed by atoms with E-state index in [9.17, 15) is 0 Å². The highest BCUT2D eigenvalue weighted by atomic mass is 15.1. The molecular weight excluding hydrogens is 152 g/mol. The van der Waals surface area contributed by atoms with E-state index in [0.29, 0.717) is 5.95 Å².